The number of ketones is 1. The zero-order valence-corrected chi connectivity index (χ0v) is 12.6. The molecule has 0 aliphatic rings. The van der Waals surface area contributed by atoms with Crippen molar-refractivity contribution in [3.05, 3.63) is 50.7 Å². The molecule has 1 atom stereocenters. The highest BCUT2D eigenvalue weighted by molar-refractivity contribution is 7.18. The molecule has 0 aliphatic carbocycles. The Bertz CT molecular complexity index is 687. The number of carbonyl (C=O) groups excluding carboxylic acids is 1. The van der Waals surface area contributed by atoms with Crippen LogP contribution in [0.5, 0.6) is 5.75 Å². The molecule has 0 spiro atoms. The number of benzene rings is 1. The molecule has 0 bridgehead atoms. The maximum Gasteiger partial charge on any atom is 0.194 e. The third-order valence-corrected chi connectivity index (χ3v) is 4.15. The minimum absolute atomic E-state index is 0.256. The second-order valence-corrected chi connectivity index (χ2v) is 5.99. The molecule has 1 aromatic carbocycles. The molecule has 2 rings (SSSR count). The van der Waals surface area contributed by atoms with Gasteiger partial charge in [0.15, 0.2) is 5.78 Å². The third kappa shape index (κ3) is 2.84. The number of halogens is 1. The lowest BCUT2D eigenvalue weighted by Crippen LogP contribution is -2.11. The fourth-order valence-electron chi connectivity index (χ4n) is 1.94. The second kappa shape index (κ2) is 6.08. The normalized spacial score (nSPS) is 11.7. The summed E-state index contributed by atoms with van der Waals surface area (Å²) in [7, 11) is 1.52. The van der Waals surface area contributed by atoms with Gasteiger partial charge in [0.05, 0.1) is 22.4 Å². The second-order valence-electron chi connectivity index (χ2n) is 4.28. The Morgan fingerprint density at radius 2 is 2.15 bits per heavy atom. The summed E-state index contributed by atoms with van der Waals surface area (Å²) >= 11 is 7.02. The first kappa shape index (κ1) is 14.6. The molecule has 3 nitrogen and oxygen atoms in total. The number of hydrogen-bond donors (Lipinski definition) is 0. The number of rotatable bonds is 4. The molecule has 102 valence electrons. The molecule has 1 aromatic heterocycles. The summed E-state index contributed by atoms with van der Waals surface area (Å²) in [6.07, 6.45) is 0. The fourth-order valence-corrected chi connectivity index (χ4v) is 2.95. The summed E-state index contributed by atoms with van der Waals surface area (Å²) in [4.78, 5) is 12.9. The summed E-state index contributed by atoms with van der Waals surface area (Å²) in [5.41, 5.74) is 1.56. The van der Waals surface area contributed by atoms with E-state index < -0.39 is 5.92 Å². The van der Waals surface area contributed by atoms with Gasteiger partial charge in [-0.05, 0) is 25.1 Å². The van der Waals surface area contributed by atoms with Crippen LogP contribution in [0.25, 0.3) is 0 Å². The highest BCUT2D eigenvalue weighted by atomic mass is 35.5. The Morgan fingerprint density at radius 3 is 2.70 bits per heavy atom. The predicted molar refractivity (Wildman–Crippen MR) is 79.7 cm³/mol. The zero-order valence-electron chi connectivity index (χ0n) is 11.0. The number of nitrogens with zero attached hydrogens (tertiary/aromatic N) is 1. The highest BCUT2D eigenvalue weighted by Gasteiger charge is 2.26. The molecule has 0 saturated heterocycles. The first-order valence-electron chi connectivity index (χ1n) is 5.90. The van der Waals surface area contributed by atoms with E-state index in [-0.39, 0.29) is 5.78 Å². The van der Waals surface area contributed by atoms with Gasteiger partial charge in [-0.15, -0.1) is 11.3 Å². The number of Topliss-reactive ketones (excluding diaryl/α,β-unsaturated/α-hetero) is 1. The number of hydrogen-bond acceptors (Lipinski definition) is 4. The van der Waals surface area contributed by atoms with E-state index in [1.165, 1.54) is 18.4 Å². The molecule has 0 aliphatic heterocycles. The Hall–Kier alpha value is -1.83. The number of nitriles is 1. The standard InChI is InChI=1S/C15H12ClNO2S/c1-9-3-4-12(19-2)10(7-9)11(8-17)15(18)13-5-6-14(16)20-13/h3-7,11H,1-2H3. The average molecular weight is 306 g/mol. The lowest BCUT2D eigenvalue weighted by Gasteiger charge is -2.13. The largest absolute Gasteiger partial charge is 0.496 e. The van der Waals surface area contributed by atoms with Crippen molar-refractivity contribution >= 4 is 28.7 Å². The van der Waals surface area contributed by atoms with Gasteiger partial charge in [-0.3, -0.25) is 4.79 Å². The first-order valence-corrected chi connectivity index (χ1v) is 7.10. The van der Waals surface area contributed by atoms with Crippen LogP contribution < -0.4 is 4.74 Å². The van der Waals surface area contributed by atoms with E-state index in [1.807, 2.05) is 13.0 Å². The van der Waals surface area contributed by atoms with Crippen molar-refractivity contribution in [1.29, 1.82) is 5.26 Å². The molecule has 5 heteroatoms. The Balaban J connectivity index is 2.45. The van der Waals surface area contributed by atoms with Crippen LogP contribution in [0.3, 0.4) is 0 Å². The van der Waals surface area contributed by atoms with E-state index in [4.69, 9.17) is 16.3 Å². The third-order valence-electron chi connectivity index (χ3n) is 2.90. The number of methoxy groups -OCH3 is 1. The van der Waals surface area contributed by atoms with Gasteiger partial charge in [0.1, 0.15) is 11.7 Å². The van der Waals surface area contributed by atoms with Crippen LogP contribution >= 0.6 is 22.9 Å². The lowest BCUT2D eigenvalue weighted by atomic mass is 9.93. The summed E-state index contributed by atoms with van der Waals surface area (Å²) in [6.45, 7) is 1.91. The molecule has 0 saturated carbocycles. The van der Waals surface area contributed by atoms with Gasteiger partial charge in [-0.25, -0.2) is 0 Å². The van der Waals surface area contributed by atoms with Crippen LogP contribution in [0.1, 0.15) is 26.7 Å². The lowest BCUT2D eigenvalue weighted by molar-refractivity contribution is 0.0981. The Morgan fingerprint density at radius 1 is 1.40 bits per heavy atom. The SMILES string of the molecule is COc1ccc(C)cc1C(C#N)C(=O)c1ccc(Cl)s1. The highest BCUT2D eigenvalue weighted by Crippen LogP contribution is 2.32. The molecule has 2 aromatic rings. The first-order chi connectivity index (χ1) is 9.56. The minimum atomic E-state index is -0.889. The molecule has 1 unspecified atom stereocenters. The smallest absolute Gasteiger partial charge is 0.194 e. The summed E-state index contributed by atoms with van der Waals surface area (Å²) < 4.78 is 5.78. The van der Waals surface area contributed by atoms with Crippen molar-refractivity contribution in [3.8, 4) is 11.8 Å². The maximum absolute atomic E-state index is 12.4. The van der Waals surface area contributed by atoms with Crippen LogP contribution in [0.4, 0.5) is 0 Å². The maximum atomic E-state index is 12.4. The predicted octanol–water partition coefficient (Wildman–Crippen LogP) is 4.21. The van der Waals surface area contributed by atoms with Crippen molar-refractivity contribution < 1.29 is 9.53 Å². The van der Waals surface area contributed by atoms with Gasteiger partial charge in [0, 0.05) is 5.56 Å². The van der Waals surface area contributed by atoms with Crippen LogP contribution in [0.15, 0.2) is 30.3 Å². The molecule has 0 N–H and O–H groups in total. The van der Waals surface area contributed by atoms with Crippen LogP contribution in [0.2, 0.25) is 4.34 Å². The van der Waals surface area contributed by atoms with E-state index in [2.05, 4.69) is 6.07 Å². The number of carbonyl (C=O) groups is 1. The van der Waals surface area contributed by atoms with Gasteiger partial charge in [0.25, 0.3) is 0 Å². The van der Waals surface area contributed by atoms with Gasteiger partial charge in [-0.1, -0.05) is 29.3 Å². The van der Waals surface area contributed by atoms with E-state index in [0.29, 0.717) is 20.5 Å². The van der Waals surface area contributed by atoms with Crippen molar-refractivity contribution in [2.75, 3.05) is 7.11 Å². The Kier molecular flexibility index (Phi) is 4.43. The zero-order chi connectivity index (χ0) is 14.7. The topological polar surface area (TPSA) is 50.1 Å². The summed E-state index contributed by atoms with van der Waals surface area (Å²) in [5.74, 6) is -0.606. The van der Waals surface area contributed by atoms with E-state index in [1.54, 1.807) is 24.3 Å². The molecular weight excluding hydrogens is 294 g/mol. The number of ether oxygens (including phenoxy) is 1. The van der Waals surface area contributed by atoms with Crippen molar-refractivity contribution in [1.82, 2.24) is 0 Å². The van der Waals surface area contributed by atoms with E-state index >= 15 is 0 Å². The summed E-state index contributed by atoms with van der Waals surface area (Å²) in [5, 5.41) is 9.37. The van der Waals surface area contributed by atoms with Gasteiger partial charge < -0.3 is 4.74 Å². The van der Waals surface area contributed by atoms with E-state index in [9.17, 15) is 10.1 Å². The quantitative estimate of drug-likeness (QED) is 0.795. The van der Waals surface area contributed by atoms with Crippen molar-refractivity contribution in [2.24, 2.45) is 0 Å². The summed E-state index contributed by atoms with van der Waals surface area (Å²) in [6, 6.07) is 10.8. The number of thiophene rings is 1. The minimum Gasteiger partial charge on any atom is -0.496 e. The Labute approximate surface area is 126 Å². The van der Waals surface area contributed by atoms with Crippen molar-refractivity contribution in [3.63, 3.8) is 0 Å². The molecule has 1 heterocycles. The monoisotopic (exact) mass is 305 g/mol. The number of aryl methyl sites for hydroxylation is 1. The van der Waals surface area contributed by atoms with Crippen LogP contribution in [0, 0.1) is 18.3 Å². The fraction of sp³-hybridized carbons (Fsp3) is 0.200. The molecule has 20 heavy (non-hydrogen) atoms. The van der Waals surface area contributed by atoms with Gasteiger partial charge in [-0.2, -0.15) is 5.26 Å². The van der Waals surface area contributed by atoms with Gasteiger partial charge >= 0.3 is 0 Å². The van der Waals surface area contributed by atoms with E-state index in [0.717, 1.165) is 5.56 Å². The molecule has 0 fully saturated rings. The average Bonchev–Trinajstić information content (AvgIpc) is 2.86. The van der Waals surface area contributed by atoms with Crippen LogP contribution in [-0.2, 0) is 0 Å². The van der Waals surface area contributed by atoms with Gasteiger partial charge in [0.2, 0.25) is 0 Å². The molecule has 0 radical (unpaired) electrons. The van der Waals surface area contributed by atoms with Crippen LogP contribution in [-0.4, -0.2) is 12.9 Å². The molecular formula is C15H12ClNO2S. The molecule has 0 amide bonds. The van der Waals surface area contributed by atoms with Crippen molar-refractivity contribution in [2.45, 2.75) is 12.8 Å².